The maximum Gasteiger partial charge on any atom is 0.226 e. The lowest BCUT2D eigenvalue weighted by Gasteiger charge is -2.21. The number of hydrogen-bond acceptors (Lipinski definition) is 3. The Balaban J connectivity index is 1.60. The molecular formula is C20H23NO3. The highest BCUT2D eigenvalue weighted by atomic mass is 16.5. The topological polar surface area (TPSA) is 47.6 Å². The lowest BCUT2D eigenvalue weighted by Crippen LogP contribution is -2.36. The Morgan fingerprint density at radius 3 is 2.50 bits per heavy atom. The molecule has 1 amide bonds. The Labute approximate surface area is 142 Å². The van der Waals surface area contributed by atoms with Crippen molar-refractivity contribution < 1.29 is 14.3 Å². The van der Waals surface area contributed by atoms with Crippen LogP contribution in [0, 0.1) is 5.92 Å². The molecule has 4 heteroatoms. The van der Waals surface area contributed by atoms with E-state index in [9.17, 15) is 4.79 Å². The van der Waals surface area contributed by atoms with Crippen LogP contribution in [0.1, 0.15) is 23.6 Å². The first kappa shape index (κ1) is 16.7. The minimum absolute atomic E-state index is 0.0460. The van der Waals surface area contributed by atoms with Crippen molar-refractivity contribution in [2.75, 3.05) is 19.8 Å². The molecule has 1 saturated heterocycles. The van der Waals surface area contributed by atoms with Gasteiger partial charge in [0.15, 0.2) is 0 Å². The van der Waals surface area contributed by atoms with Gasteiger partial charge in [-0.25, -0.2) is 0 Å². The average Bonchev–Trinajstić information content (AvgIpc) is 3.17. The van der Waals surface area contributed by atoms with Crippen molar-refractivity contribution in [2.24, 2.45) is 5.92 Å². The Bertz CT molecular complexity index is 624. The van der Waals surface area contributed by atoms with Gasteiger partial charge in [-0.3, -0.25) is 4.79 Å². The Morgan fingerprint density at radius 2 is 1.83 bits per heavy atom. The van der Waals surface area contributed by atoms with E-state index < -0.39 is 0 Å². The van der Waals surface area contributed by atoms with Gasteiger partial charge in [0.1, 0.15) is 0 Å². The van der Waals surface area contributed by atoms with E-state index in [4.69, 9.17) is 9.47 Å². The van der Waals surface area contributed by atoms with Crippen molar-refractivity contribution >= 4 is 5.91 Å². The van der Waals surface area contributed by atoms with Gasteiger partial charge in [-0.05, 0) is 17.5 Å². The fraction of sp³-hybridized carbons (Fsp3) is 0.350. The van der Waals surface area contributed by atoms with E-state index >= 15 is 0 Å². The molecule has 24 heavy (non-hydrogen) atoms. The lowest BCUT2D eigenvalue weighted by atomic mass is 10.0. The van der Waals surface area contributed by atoms with Crippen molar-refractivity contribution in [1.82, 2.24) is 5.32 Å². The van der Waals surface area contributed by atoms with Crippen molar-refractivity contribution in [3.05, 3.63) is 71.8 Å². The predicted molar refractivity (Wildman–Crippen MR) is 92.3 cm³/mol. The number of carbonyl (C=O) groups excluding carboxylic acids is 1. The Kier molecular flexibility index (Phi) is 5.99. The number of hydrogen-bond donors (Lipinski definition) is 1. The summed E-state index contributed by atoms with van der Waals surface area (Å²) in [5.41, 5.74) is 2.18. The van der Waals surface area contributed by atoms with E-state index in [1.807, 2.05) is 60.7 Å². The normalized spacial score (nSPS) is 18.2. The summed E-state index contributed by atoms with van der Waals surface area (Å²) in [6.07, 6.45) is 0.790. The smallest absolute Gasteiger partial charge is 0.226 e. The fourth-order valence-electron chi connectivity index (χ4n) is 2.81. The molecule has 0 aromatic heterocycles. The van der Waals surface area contributed by atoms with Crippen LogP contribution in [0.15, 0.2) is 60.7 Å². The van der Waals surface area contributed by atoms with Gasteiger partial charge in [0.2, 0.25) is 5.91 Å². The number of rotatable bonds is 7. The highest BCUT2D eigenvalue weighted by molar-refractivity contribution is 5.79. The van der Waals surface area contributed by atoms with Gasteiger partial charge in [0, 0.05) is 6.61 Å². The third-order valence-corrected chi connectivity index (χ3v) is 4.21. The van der Waals surface area contributed by atoms with Crippen LogP contribution in [-0.2, 0) is 20.9 Å². The first-order valence-corrected chi connectivity index (χ1v) is 8.37. The molecule has 1 aliphatic heterocycles. The maximum atomic E-state index is 12.4. The summed E-state index contributed by atoms with van der Waals surface area (Å²) in [4.78, 5) is 12.4. The quantitative estimate of drug-likeness (QED) is 0.851. The average molecular weight is 325 g/mol. The van der Waals surface area contributed by atoms with E-state index in [0.717, 1.165) is 17.5 Å². The van der Waals surface area contributed by atoms with E-state index in [2.05, 4.69) is 5.32 Å². The summed E-state index contributed by atoms with van der Waals surface area (Å²) in [5.74, 6) is -0.00463. The van der Waals surface area contributed by atoms with Crippen LogP contribution in [0.5, 0.6) is 0 Å². The molecule has 1 N–H and O–H groups in total. The van der Waals surface area contributed by atoms with E-state index in [1.165, 1.54) is 0 Å². The predicted octanol–water partition coefficient (Wildman–Crippen LogP) is 3.10. The summed E-state index contributed by atoms with van der Waals surface area (Å²) in [5, 5.41) is 3.12. The maximum absolute atomic E-state index is 12.4. The molecule has 0 saturated carbocycles. The van der Waals surface area contributed by atoms with Gasteiger partial charge in [-0.1, -0.05) is 60.7 Å². The minimum atomic E-state index is -0.150. The molecule has 2 aromatic carbocycles. The van der Waals surface area contributed by atoms with Gasteiger partial charge < -0.3 is 14.8 Å². The molecule has 1 heterocycles. The zero-order valence-corrected chi connectivity index (χ0v) is 13.7. The zero-order chi connectivity index (χ0) is 16.6. The molecule has 0 bridgehead atoms. The standard InChI is InChI=1S/C20H23NO3/c22-20(18-11-12-23-14-18)21-19(17-9-5-2-6-10-17)15-24-13-16-7-3-1-4-8-16/h1-10,18-19H,11-15H2,(H,21,22)/t18-,19-/m0/s1. The molecule has 1 aliphatic rings. The SMILES string of the molecule is O=C(N[C@@H](COCc1ccccc1)c1ccccc1)[C@H]1CCOC1. The highest BCUT2D eigenvalue weighted by Gasteiger charge is 2.26. The molecule has 0 spiro atoms. The third-order valence-electron chi connectivity index (χ3n) is 4.21. The molecule has 4 nitrogen and oxygen atoms in total. The Hall–Kier alpha value is -2.17. The fourth-order valence-corrected chi connectivity index (χ4v) is 2.81. The largest absolute Gasteiger partial charge is 0.381 e. The second-order valence-corrected chi connectivity index (χ2v) is 6.03. The number of carbonyl (C=O) groups is 1. The zero-order valence-electron chi connectivity index (χ0n) is 13.7. The summed E-state index contributed by atoms with van der Waals surface area (Å²) in [6.45, 7) is 2.15. The van der Waals surface area contributed by atoms with Crippen molar-refractivity contribution in [1.29, 1.82) is 0 Å². The third kappa shape index (κ3) is 4.66. The molecule has 0 radical (unpaired) electrons. The number of ether oxygens (including phenoxy) is 2. The van der Waals surface area contributed by atoms with Gasteiger partial charge in [0.05, 0.1) is 31.8 Å². The van der Waals surface area contributed by atoms with Gasteiger partial charge >= 0.3 is 0 Å². The van der Waals surface area contributed by atoms with E-state index in [-0.39, 0.29) is 17.9 Å². The first-order valence-electron chi connectivity index (χ1n) is 8.37. The molecule has 0 aliphatic carbocycles. The summed E-state index contributed by atoms with van der Waals surface area (Å²) in [6, 6.07) is 19.8. The van der Waals surface area contributed by atoms with Crippen LogP contribution in [0.25, 0.3) is 0 Å². The highest BCUT2D eigenvalue weighted by Crippen LogP contribution is 2.18. The summed E-state index contributed by atoms with van der Waals surface area (Å²) in [7, 11) is 0. The number of benzene rings is 2. The monoisotopic (exact) mass is 325 g/mol. The summed E-state index contributed by atoms with van der Waals surface area (Å²) < 4.78 is 11.2. The van der Waals surface area contributed by atoms with Crippen LogP contribution in [-0.4, -0.2) is 25.7 Å². The molecule has 2 atom stereocenters. The van der Waals surface area contributed by atoms with E-state index in [1.54, 1.807) is 0 Å². The van der Waals surface area contributed by atoms with Crippen LogP contribution in [0.3, 0.4) is 0 Å². The molecule has 0 unspecified atom stereocenters. The number of amides is 1. The van der Waals surface area contributed by atoms with Gasteiger partial charge in [-0.2, -0.15) is 0 Å². The van der Waals surface area contributed by atoms with Gasteiger partial charge in [-0.15, -0.1) is 0 Å². The summed E-state index contributed by atoms with van der Waals surface area (Å²) >= 11 is 0. The molecule has 2 aromatic rings. The van der Waals surface area contributed by atoms with Crippen LogP contribution in [0.2, 0.25) is 0 Å². The van der Waals surface area contributed by atoms with Crippen LogP contribution in [0.4, 0.5) is 0 Å². The second-order valence-electron chi connectivity index (χ2n) is 6.03. The van der Waals surface area contributed by atoms with Crippen molar-refractivity contribution in [3.63, 3.8) is 0 Å². The van der Waals surface area contributed by atoms with Crippen LogP contribution >= 0.6 is 0 Å². The minimum Gasteiger partial charge on any atom is -0.381 e. The molecule has 1 fully saturated rings. The molecule has 3 rings (SSSR count). The number of nitrogens with one attached hydrogen (secondary N) is 1. The van der Waals surface area contributed by atoms with Crippen molar-refractivity contribution in [2.45, 2.75) is 19.1 Å². The first-order chi connectivity index (χ1) is 11.8. The second kappa shape index (κ2) is 8.62. The lowest BCUT2D eigenvalue weighted by molar-refractivity contribution is -0.126. The van der Waals surface area contributed by atoms with Crippen LogP contribution < -0.4 is 5.32 Å². The van der Waals surface area contributed by atoms with Gasteiger partial charge in [0.25, 0.3) is 0 Å². The van der Waals surface area contributed by atoms with E-state index in [0.29, 0.717) is 26.4 Å². The molecule has 126 valence electrons. The Morgan fingerprint density at radius 1 is 1.12 bits per heavy atom. The van der Waals surface area contributed by atoms with Crippen molar-refractivity contribution in [3.8, 4) is 0 Å². The molecular weight excluding hydrogens is 302 g/mol.